The third kappa shape index (κ3) is 5.83. The van der Waals surface area contributed by atoms with Crippen molar-refractivity contribution in [1.29, 1.82) is 0 Å². The number of carbonyl (C=O) groups is 1. The molecule has 0 aliphatic rings. The lowest BCUT2D eigenvalue weighted by molar-refractivity contribution is -0.384. The maximum absolute atomic E-state index is 11.8. The van der Waals surface area contributed by atoms with Crippen molar-refractivity contribution in [2.24, 2.45) is 11.3 Å². The van der Waals surface area contributed by atoms with E-state index in [-0.39, 0.29) is 17.5 Å². The first kappa shape index (κ1) is 18.8. The molecular weight excluding hydrogens is 296 g/mol. The molecule has 0 aliphatic heterocycles. The summed E-state index contributed by atoms with van der Waals surface area (Å²) < 4.78 is 0. The lowest BCUT2D eigenvalue weighted by Crippen LogP contribution is -2.43. The molecule has 1 amide bonds. The van der Waals surface area contributed by atoms with Crippen LogP contribution in [-0.4, -0.2) is 28.6 Å². The van der Waals surface area contributed by atoms with Gasteiger partial charge in [-0.1, -0.05) is 27.7 Å². The second-order valence-electron chi connectivity index (χ2n) is 6.58. The second-order valence-corrected chi connectivity index (χ2v) is 6.58. The Hall–Kier alpha value is -2.21. The Bertz CT molecular complexity index is 577. The first-order chi connectivity index (χ1) is 10.6. The first-order valence-electron chi connectivity index (χ1n) is 7.52. The molecular formula is C17H24N2O4. The molecule has 0 heterocycles. The monoisotopic (exact) mass is 320 g/mol. The van der Waals surface area contributed by atoms with E-state index in [1.54, 1.807) is 18.2 Å². The summed E-state index contributed by atoms with van der Waals surface area (Å²) in [4.78, 5) is 21.9. The molecule has 0 fully saturated rings. The normalized spacial score (nSPS) is 13.3. The minimum Gasteiger partial charge on any atom is -0.392 e. The highest BCUT2D eigenvalue weighted by atomic mass is 16.6. The van der Waals surface area contributed by atoms with Gasteiger partial charge in [-0.05, 0) is 29.7 Å². The standard InChI is InChI=1S/C17H24N2O4/c1-12(2)16(21)17(3,4)11-18-15(20)10-7-13-5-8-14(9-6-13)19(22)23/h5-10,12,16,21H,11H2,1-4H3,(H,18,20)/b10-7+. The number of nitrogens with zero attached hydrogens (tertiary/aromatic N) is 1. The third-order valence-corrected chi connectivity index (χ3v) is 3.68. The van der Waals surface area contributed by atoms with Crippen LogP contribution in [0.5, 0.6) is 0 Å². The van der Waals surface area contributed by atoms with Crippen LogP contribution in [0.2, 0.25) is 0 Å². The molecule has 2 N–H and O–H groups in total. The molecule has 1 aromatic rings. The first-order valence-corrected chi connectivity index (χ1v) is 7.52. The lowest BCUT2D eigenvalue weighted by Gasteiger charge is -2.33. The Labute approximate surface area is 136 Å². The molecule has 126 valence electrons. The van der Waals surface area contributed by atoms with E-state index >= 15 is 0 Å². The van der Waals surface area contributed by atoms with Gasteiger partial charge in [0, 0.05) is 30.2 Å². The minimum absolute atomic E-state index is 0.0102. The number of aliphatic hydroxyl groups excluding tert-OH is 1. The highest BCUT2D eigenvalue weighted by molar-refractivity contribution is 5.91. The average molecular weight is 320 g/mol. The predicted molar refractivity (Wildman–Crippen MR) is 89.8 cm³/mol. The summed E-state index contributed by atoms with van der Waals surface area (Å²) in [5.41, 5.74) is 0.286. The molecule has 23 heavy (non-hydrogen) atoms. The van der Waals surface area contributed by atoms with Crippen LogP contribution >= 0.6 is 0 Å². The molecule has 0 aromatic heterocycles. The SMILES string of the molecule is CC(C)C(O)C(C)(C)CNC(=O)/C=C/c1ccc([N+](=O)[O-])cc1. The molecule has 6 heteroatoms. The number of hydrogen-bond donors (Lipinski definition) is 2. The molecule has 1 rings (SSSR count). The van der Waals surface area contributed by atoms with Gasteiger partial charge in [-0.15, -0.1) is 0 Å². The van der Waals surface area contributed by atoms with Crippen LogP contribution in [0.15, 0.2) is 30.3 Å². The van der Waals surface area contributed by atoms with Crippen LogP contribution < -0.4 is 5.32 Å². The van der Waals surface area contributed by atoms with Crippen molar-refractivity contribution < 1.29 is 14.8 Å². The summed E-state index contributed by atoms with van der Waals surface area (Å²) >= 11 is 0. The molecule has 1 aromatic carbocycles. The Kier molecular flexibility index (Phi) is 6.45. The molecule has 0 spiro atoms. The van der Waals surface area contributed by atoms with Crippen molar-refractivity contribution in [2.45, 2.75) is 33.8 Å². The van der Waals surface area contributed by atoms with E-state index in [0.29, 0.717) is 12.1 Å². The summed E-state index contributed by atoms with van der Waals surface area (Å²) in [6, 6.07) is 5.93. The van der Waals surface area contributed by atoms with E-state index < -0.39 is 16.4 Å². The van der Waals surface area contributed by atoms with Gasteiger partial charge < -0.3 is 10.4 Å². The van der Waals surface area contributed by atoms with Gasteiger partial charge >= 0.3 is 0 Å². The maximum Gasteiger partial charge on any atom is 0.269 e. The van der Waals surface area contributed by atoms with Gasteiger partial charge in [0.25, 0.3) is 5.69 Å². The van der Waals surface area contributed by atoms with Gasteiger partial charge in [-0.3, -0.25) is 14.9 Å². The average Bonchev–Trinajstić information content (AvgIpc) is 2.50. The number of hydrogen-bond acceptors (Lipinski definition) is 4. The number of rotatable bonds is 7. The predicted octanol–water partition coefficient (Wildman–Crippen LogP) is 2.77. The minimum atomic E-state index is -0.513. The van der Waals surface area contributed by atoms with Gasteiger partial charge in [0.05, 0.1) is 11.0 Å². The zero-order valence-electron chi connectivity index (χ0n) is 13.9. The van der Waals surface area contributed by atoms with Gasteiger partial charge in [0.2, 0.25) is 5.91 Å². The number of benzene rings is 1. The molecule has 0 radical (unpaired) electrons. The zero-order chi connectivity index (χ0) is 17.6. The Morgan fingerprint density at radius 1 is 1.35 bits per heavy atom. The number of aliphatic hydroxyl groups is 1. The van der Waals surface area contributed by atoms with Gasteiger partial charge in [-0.2, -0.15) is 0 Å². The quantitative estimate of drug-likeness (QED) is 0.459. The van der Waals surface area contributed by atoms with E-state index in [2.05, 4.69) is 5.32 Å². The smallest absolute Gasteiger partial charge is 0.269 e. The topological polar surface area (TPSA) is 92.5 Å². The van der Waals surface area contributed by atoms with E-state index in [0.717, 1.165) is 0 Å². The van der Waals surface area contributed by atoms with Gasteiger partial charge in [0.15, 0.2) is 0 Å². The Balaban J connectivity index is 2.58. The van der Waals surface area contributed by atoms with Crippen LogP contribution in [0.25, 0.3) is 6.08 Å². The number of nitro benzene ring substituents is 1. The van der Waals surface area contributed by atoms with Gasteiger partial charge in [-0.25, -0.2) is 0 Å². The fourth-order valence-electron chi connectivity index (χ4n) is 2.26. The Morgan fingerprint density at radius 3 is 2.39 bits per heavy atom. The molecule has 0 aliphatic carbocycles. The van der Waals surface area contributed by atoms with E-state index in [1.165, 1.54) is 18.2 Å². The molecule has 1 atom stereocenters. The van der Waals surface area contributed by atoms with Crippen LogP contribution in [0.3, 0.4) is 0 Å². The van der Waals surface area contributed by atoms with Crippen molar-refractivity contribution in [3.63, 3.8) is 0 Å². The van der Waals surface area contributed by atoms with Gasteiger partial charge in [0.1, 0.15) is 0 Å². The summed E-state index contributed by atoms with van der Waals surface area (Å²) in [6.07, 6.45) is 2.45. The molecule has 0 bridgehead atoms. The zero-order valence-corrected chi connectivity index (χ0v) is 13.9. The van der Waals surface area contributed by atoms with Crippen molar-refractivity contribution in [1.82, 2.24) is 5.32 Å². The summed E-state index contributed by atoms with van der Waals surface area (Å²) in [5, 5.41) is 23.4. The van der Waals surface area contributed by atoms with Crippen molar-refractivity contribution >= 4 is 17.7 Å². The number of nitro groups is 1. The highest BCUT2D eigenvalue weighted by Crippen LogP contribution is 2.25. The largest absolute Gasteiger partial charge is 0.392 e. The lowest BCUT2D eigenvalue weighted by atomic mass is 9.81. The Morgan fingerprint density at radius 2 is 1.91 bits per heavy atom. The van der Waals surface area contributed by atoms with E-state index in [9.17, 15) is 20.0 Å². The summed E-state index contributed by atoms with van der Waals surface area (Å²) in [5.74, 6) is -0.162. The second kappa shape index (κ2) is 7.87. The summed E-state index contributed by atoms with van der Waals surface area (Å²) in [7, 11) is 0. The van der Waals surface area contributed by atoms with Crippen LogP contribution in [0, 0.1) is 21.4 Å². The van der Waals surface area contributed by atoms with Crippen LogP contribution in [-0.2, 0) is 4.79 Å². The molecule has 1 unspecified atom stereocenters. The number of carbonyl (C=O) groups excluding carboxylic acids is 1. The molecule has 0 saturated carbocycles. The number of non-ortho nitro benzene ring substituents is 1. The number of nitrogens with one attached hydrogen (secondary N) is 1. The third-order valence-electron chi connectivity index (χ3n) is 3.68. The number of amides is 1. The molecule has 6 nitrogen and oxygen atoms in total. The van der Waals surface area contributed by atoms with Crippen LogP contribution in [0.1, 0.15) is 33.3 Å². The van der Waals surface area contributed by atoms with Crippen LogP contribution in [0.4, 0.5) is 5.69 Å². The fourth-order valence-corrected chi connectivity index (χ4v) is 2.26. The van der Waals surface area contributed by atoms with E-state index in [1.807, 2.05) is 27.7 Å². The summed E-state index contributed by atoms with van der Waals surface area (Å²) in [6.45, 7) is 8.03. The molecule has 0 saturated heterocycles. The van der Waals surface area contributed by atoms with E-state index in [4.69, 9.17) is 0 Å². The van der Waals surface area contributed by atoms with Crippen molar-refractivity contribution in [2.75, 3.05) is 6.54 Å². The van der Waals surface area contributed by atoms with Crippen molar-refractivity contribution in [3.8, 4) is 0 Å². The van der Waals surface area contributed by atoms with Crippen molar-refractivity contribution in [3.05, 3.63) is 46.0 Å². The maximum atomic E-state index is 11.8. The fraction of sp³-hybridized carbons (Fsp3) is 0.471. The highest BCUT2D eigenvalue weighted by Gasteiger charge is 2.30.